The number of allylic oxidation sites excluding steroid dienone is 3. The molecule has 0 radical (unpaired) electrons. The molecule has 1 amide bonds. The van der Waals surface area contributed by atoms with E-state index in [9.17, 15) is 4.79 Å². The van der Waals surface area contributed by atoms with Gasteiger partial charge in [-0.15, -0.1) is 0 Å². The smallest absolute Gasteiger partial charge is 0.244 e. The third-order valence-corrected chi connectivity index (χ3v) is 3.05. The van der Waals surface area contributed by atoms with Gasteiger partial charge in [-0.05, 0) is 25.3 Å². The Balaban J connectivity index is 2.21. The summed E-state index contributed by atoms with van der Waals surface area (Å²) in [5.74, 6) is 0.488. The Morgan fingerprint density at radius 2 is 2.33 bits per heavy atom. The van der Waals surface area contributed by atoms with Crippen molar-refractivity contribution >= 4 is 5.91 Å². The summed E-state index contributed by atoms with van der Waals surface area (Å²) in [6, 6.07) is 0. The van der Waals surface area contributed by atoms with Crippen LogP contribution in [-0.4, -0.2) is 25.7 Å². The molecular weight excluding hydrogens is 226 g/mol. The number of carbonyl (C=O) groups excluding carboxylic acids is 1. The highest BCUT2D eigenvalue weighted by Crippen LogP contribution is 2.10. The van der Waals surface area contributed by atoms with Crippen LogP contribution in [0.4, 0.5) is 0 Å². The molecule has 0 aromatic heterocycles. The van der Waals surface area contributed by atoms with Crippen molar-refractivity contribution in [2.24, 2.45) is 5.92 Å². The van der Waals surface area contributed by atoms with Crippen LogP contribution in [0.3, 0.4) is 0 Å². The lowest BCUT2D eigenvalue weighted by molar-refractivity contribution is -0.116. The Morgan fingerprint density at radius 3 is 3.00 bits per heavy atom. The third-order valence-electron chi connectivity index (χ3n) is 3.05. The molecule has 1 unspecified atom stereocenters. The number of nitrogens with one attached hydrogen (secondary N) is 1. The molecule has 1 aliphatic heterocycles. The third kappa shape index (κ3) is 6.60. The molecule has 1 N–H and O–H groups in total. The Kier molecular flexibility index (Phi) is 7.42. The van der Waals surface area contributed by atoms with E-state index >= 15 is 0 Å². The second kappa shape index (κ2) is 8.92. The highest BCUT2D eigenvalue weighted by molar-refractivity contribution is 5.88. The minimum Gasteiger partial charge on any atom is -0.381 e. The first kappa shape index (κ1) is 15.0. The van der Waals surface area contributed by atoms with Gasteiger partial charge in [-0.25, -0.2) is 0 Å². The summed E-state index contributed by atoms with van der Waals surface area (Å²) in [6.45, 7) is 6.47. The molecule has 0 aliphatic carbocycles. The van der Waals surface area contributed by atoms with Crippen LogP contribution in [0.15, 0.2) is 23.8 Å². The zero-order valence-corrected chi connectivity index (χ0v) is 11.6. The normalized spacial score (nSPS) is 20.6. The average molecular weight is 251 g/mol. The van der Waals surface area contributed by atoms with Crippen molar-refractivity contribution in [3.63, 3.8) is 0 Å². The number of carbonyl (C=O) groups is 1. The maximum absolute atomic E-state index is 11.6. The zero-order chi connectivity index (χ0) is 13.2. The van der Waals surface area contributed by atoms with Crippen LogP contribution >= 0.6 is 0 Å². The van der Waals surface area contributed by atoms with Crippen LogP contribution in [0.5, 0.6) is 0 Å². The molecule has 0 aromatic carbocycles. The number of ether oxygens (including phenoxy) is 1. The molecule has 0 spiro atoms. The van der Waals surface area contributed by atoms with E-state index in [4.69, 9.17) is 4.74 Å². The van der Waals surface area contributed by atoms with Crippen molar-refractivity contribution in [3.05, 3.63) is 23.8 Å². The summed E-state index contributed by atoms with van der Waals surface area (Å²) in [7, 11) is 0. The predicted octanol–water partition coefficient (Wildman–Crippen LogP) is 2.83. The van der Waals surface area contributed by atoms with Crippen molar-refractivity contribution in [1.29, 1.82) is 0 Å². The van der Waals surface area contributed by atoms with Gasteiger partial charge in [0.25, 0.3) is 0 Å². The van der Waals surface area contributed by atoms with Crippen LogP contribution in [-0.2, 0) is 9.53 Å². The molecule has 1 fully saturated rings. The quantitative estimate of drug-likeness (QED) is 0.429. The SMILES string of the molecule is CCCC/C=C/C(C)=C/C(=O)NCC1CCOC1. The molecule has 18 heavy (non-hydrogen) atoms. The van der Waals surface area contributed by atoms with E-state index in [0.717, 1.165) is 38.2 Å². The van der Waals surface area contributed by atoms with Crippen LogP contribution in [0.2, 0.25) is 0 Å². The summed E-state index contributed by atoms with van der Waals surface area (Å²) >= 11 is 0. The molecule has 1 heterocycles. The van der Waals surface area contributed by atoms with E-state index in [1.807, 2.05) is 13.0 Å². The Bertz CT molecular complexity index is 302. The lowest BCUT2D eigenvalue weighted by Gasteiger charge is -2.07. The minimum atomic E-state index is -0.000425. The molecule has 1 saturated heterocycles. The summed E-state index contributed by atoms with van der Waals surface area (Å²) in [5, 5.41) is 2.93. The largest absolute Gasteiger partial charge is 0.381 e. The first-order chi connectivity index (χ1) is 8.72. The Hall–Kier alpha value is -1.09. The lowest BCUT2D eigenvalue weighted by Crippen LogP contribution is -2.28. The summed E-state index contributed by atoms with van der Waals surface area (Å²) in [6.07, 6.45) is 10.4. The van der Waals surface area contributed by atoms with Crippen molar-refractivity contribution in [1.82, 2.24) is 5.32 Å². The molecule has 3 nitrogen and oxygen atoms in total. The van der Waals surface area contributed by atoms with E-state index in [1.165, 1.54) is 12.8 Å². The topological polar surface area (TPSA) is 38.3 Å². The van der Waals surface area contributed by atoms with Crippen molar-refractivity contribution in [3.8, 4) is 0 Å². The number of unbranched alkanes of at least 4 members (excludes halogenated alkanes) is 2. The van der Waals surface area contributed by atoms with Crippen LogP contribution in [0.25, 0.3) is 0 Å². The Labute approximate surface area is 110 Å². The molecule has 1 atom stereocenters. The summed E-state index contributed by atoms with van der Waals surface area (Å²) < 4.78 is 5.27. The summed E-state index contributed by atoms with van der Waals surface area (Å²) in [4.78, 5) is 11.6. The maximum atomic E-state index is 11.6. The van der Waals surface area contributed by atoms with Crippen LogP contribution < -0.4 is 5.32 Å². The molecule has 0 aromatic rings. The van der Waals surface area contributed by atoms with E-state index < -0.39 is 0 Å². The number of rotatable bonds is 7. The molecule has 3 heteroatoms. The Morgan fingerprint density at radius 1 is 1.50 bits per heavy atom. The molecular formula is C15H25NO2. The van der Waals surface area contributed by atoms with Gasteiger partial charge in [0.15, 0.2) is 0 Å². The second-order valence-corrected chi connectivity index (χ2v) is 4.91. The number of hydrogen-bond acceptors (Lipinski definition) is 2. The highest BCUT2D eigenvalue weighted by Gasteiger charge is 2.15. The van der Waals surface area contributed by atoms with Crippen LogP contribution in [0.1, 0.15) is 39.5 Å². The van der Waals surface area contributed by atoms with Crippen LogP contribution in [0, 0.1) is 5.92 Å². The first-order valence-corrected chi connectivity index (χ1v) is 6.92. The maximum Gasteiger partial charge on any atom is 0.244 e. The van der Waals surface area contributed by atoms with Gasteiger partial charge in [-0.1, -0.05) is 31.9 Å². The van der Waals surface area contributed by atoms with Gasteiger partial charge >= 0.3 is 0 Å². The number of hydrogen-bond donors (Lipinski definition) is 1. The molecule has 1 rings (SSSR count). The standard InChI is InChI=1S/C15H25NO2/c1-3-4-5-6-7-13(2)10-15(17)16-11-14-8-9-18-12-14/h6-7,10,14H,3-5,8-9,11-12H2,1-2H3,(H,16,17)/b7-6+,13-10+. The lowest BCUT2D eigenvalue weighted by atomic mass is 10.1. The molecule has 102 valence electrons. The average Bonchev–Trinajstić information content (AvgIpc) is 2.85. The highest BCUT2D eigenvalue weighted by atomic mass is 16.5. The molecule has 0 saturated carbocycles. The van der Waals surface area contributed by atoms with Gasteiger partial charge < -0.3 is 10.1 Å². The predicted molar refractivity (Wildman–Crippen MR) is 74.4 cm³/mol. The van der Waals surface area contributed by atoms with Crippen molar-refractivity contribution < 1.29 is 9.53 Å². The van der Waals surface area contributed by atoms with E-state index in [-0.39, 0.29) is 5.91 Å². The number of amides is 1. The monoisotopic (exact) mass is 251 g/mol. The fourth-order valence-corrected chi connectivity index (χ4v) is 1.89. The first-order valence-electron chi connectivity index (χ1n) is 6.92. The van der Waals surface area contributed by atoms with Gasteiger partial charge in [0.1, 0.15) is 0 Å². The van der Waals surface area contributed by atoms with Gasteiger partial charge in [0.2, 0.25) is 5.91 Å². The minimum absolute atomic E-state index is 0.000425. The molecule has 0 bridgehead atoms. The zero-order valence-electron chi connectivity index (χ0n) is 11.6. The van der Waals surface area contributed by atoms with E-state index in [0.29, 0.717) is 5.92 Å². The van der Waals surface area contributed by atoms with Crippen molar-refractivity contribution in [2.75, 3.05) is 19.8 Å². The van der Waals surface area contributed by atoms with Gasteiger partial charge in [-0.2, -0.15) is 0 Å². The second-order valence-electron chi connectivity index (χ2n) is 4.91. The summed E-state index contributed by atoms with van der Waals surface area (Å²) in [5.41, 5.74) is 1.01. The van der Waals surface area contributed by atoms with Gasteiger partial charge in [-0.3, -0.25) is 4.79 Å². The fourth-order valence-electron chi connectivity index (χ4n) is 1.89. The van der Waals surface area contributed by atoms with Gasteiger partial charge in [0.05, 0.1) is 6.61 Å². The van der Waals surface area contributed by atoms with Gasteiger partial charge in [0, 0.05) is 25.1 Å². The van der Waals surface area contributed by atoms with E-state index in [2.05, 4.69) is 18.3 Å². The molecule has 1 aliphatic rings. The van der Waals surface area contributed by atoms with Crippen molar-refractivity contribution in [2.45, 2.75) is 39.5 Å². The van der Waals surface area contributed by atoms with E-state index in [1.54, 1.807) is 6.08 Å². The fraction of sp³-hybridized carbons (Fsp3) is 0.667.